The van der Waals surface area contributed by atoms with E-state index in [4.69, 9.17) is 70.5 Å². The molecule has 0 heterocycles. The number of hydrogen-bond acceptors (Lipinski definition) is 10. The van der Waals surface area contributed by atoms with E-state index in [9.17, 15) is 28.8 Å². The van der Waals surface area contributed by atoms with Gasteiger partial charge in [-0.15, -0.1) is 0 Å². The zero-order chi connectivity index (χ0) is 73.1. The molecule has 1 N–H and O–H groups in total. The second-order valence-electron chi connectivity index (χ2n) is 24.5. The van der Waals surface area contributed by atoms with E-state index in [2.05, 4.69) is 46.8 Å². The second kappa shape index (κ2) is 44.9. The molecule has 4 unspecified atom stereocenters. The Labute approximate surface area is 620 Å². The van der Waals surface area contributed by atoms with Crippen LogP contribution in [-0.2, 0) is 63.8 Å². The maximum atomic E-state index is 11.8. The number of carboxylic acid groups (broad SMARTS) is 1. The van der Waals surface area contributed by atoms with Gasteiger partial charge in [-0.1, -0.05) is 196 Å². The SMILES string of the molecule is C=Cc1ccc(C(Cc2ccc(Cl)cc2)[C@@H](CC(C)=O)OCC)cc1.CCO[C@H](CC(C)=O)C(Cc1ccc(Cl)cc1)c1ccc(Br)cc1.CCO[C@H](CC(C)=O)C(Cc1ccc(Cl)cc1)c1ccc(C(=O)O)cc1.CCO[C@H](CC(C)=O)C(Cc1ccc(Cl)cc1)c1ccc(C=O)cc1. The molecule has 0 fully saturated rings. The van der Waals surface area contributed by atoms with Crippen molar-refractivity contribution in [3.8, 4) is 0 Å². The summed E-state index contributed by atoms with van der Waals surface area (Å²) in [6.07, 6.45) is 6.39. The fourth-order valence-electron chi connectivity index (χ4n) is 11.9. The Hall–Kier alpha value is -7.20. The minimum atomic E-state index is -0.962. The molecule has 11 nitrogen and oxygen atoms in total. The summed E-state index contributed by atoms with van der Waals surface area (Å²) in [4.78, 5) is 68.9. The first-order valence-corrected chi connectivity index (χ1v) is 36.0. The smallest absolute Gasteiger partial charge is 0.335 e. The van der Waals surface area contributed by atoms with E-state index in [0.29, 0.717) is 74.1 Å². The van der Waals surface area contributed by atoms with Gasteiger partial charge in [0.05, 0.1) is 30.0 Å². The van der Waals surface area contributed by atoms with Gasteiger partial charge in [-0.3, -0.25) is 24.0 Å². The molecule has 0 radical (unpaired) electrons. The van der Waals surface area contributed by atoms with E-state index in [0.717, 1.165) is 67.9 Å². The Kier molecular flexibility index (Phi) is 37.5. The highest BCUT2D eigenvalue weighted by molar-refractivity contribution is 9.10. The summed E-state index contributed by atoms with van der Waals surface area (Å²) < 4.78 is 24.7. The Balaban J connectivity index is 0.000000240. The van der Waals surface area contributed by atoms with Gasteiger partial charge in [0, 0.05) is 106 Å². The lowest BCUT2D eigenvalue weighted by molar-refractivity contribution is -0.121. The van der Waals surface area contributed by atoms with Crippen molar-refractivity contribution in [2.45, 2.75) is 155 Å². The molecule has 0 aromatic heterocycles. The van der Waals surface area contributed by atoms with Crippen LogP contribution in [-0.4, -0.2) is 91.3 Å². The van der Waals surface area contributed by atoms with E-state index < -0.39 is 5.97 Å². The van der Waals surface area contributed by atoms with Gasteiger partial charge < -0.3 is 24.1 Å². The zero-order valence-electron chi connectivity index (χ0n) is 58.4. The van der Waals surface area contributed by atoms with Crippen LogP contribution >= 0.6 is 62.3 Å². The van der Waals surface area contributed by atoms with Crippen LogP contribution in [0.1, 0.15) is 176 Å². The lowest BCUT2D eigenvalue weighted by atomic mass is 9.85. The average molecular weight is 1500 g/mol. The van der Waals surface area contributed by atoms with Gasteiger partial charge in [-0.05, 0) is 204 Å². The van der Waals surface area contributed by atoms with Gasteiger partial charge in [0.25, 0.3) is 0 Å². The van der Waals surface area contributed by atoms with Gasteiger partial charge in [0.1, 0.15) is 29.4 Å². The van der Waals surface area contributed by atoms with E-state index in [1.54, 1.807) is 64.1 Å². The molecule has 0 amide bonds. The predicted octanol–water partition coefficient (Wildman–Crippen LogP) is 21.1. The monoisotopic (exact) mass is 1500 g/mol. The molecule has 0 spiro atoms. The Morgan fingerprint density at radius 1 is 0.380 bits per heavy atom. The number of rotatable bonds is 35. The minimum absolute atomic E-state index is 0.0192. The first kappa shape index (κ1) is 83.5. The van der Waals surface area contributed by atoms with Gasteiger partial charge in [-0.25, -0.2) is 4.79 Å². The normalized spacial score (nSPS) is 13.3. The number of hydrogen-bond donors (Lipinski definition) is 1. The number of ether oxygens (including phenoxy) is 4. The summed E-state index contributed by atoms with van der Waals surface area (Å²) in [5.74, 6) is -0.346. The van der Waals surface area contributed by atoms with Crippen molar-refractivity contribution in [2.75, 3.05) is 26.4 Å². The Bertz CT molecular complexity index is 3650. The Morgan fingerprint density at radius 2 is 0.610 bits per heavy atom. The number of Topliss-reactive ketones (excluding diaryl/α,β-unsaturated/α-hetero) is 4. The molecule has 8 atom stereocenters. The molecule has 0 aliphatic carbocycles. The molecule has 100 heavy (non-hydrogen) atoms. The molecule has 8 aromatic rings. The van der Waals surface area contributed by atoms with Crippen molar-refractivity contribution in [1.29, 1.82) is 0 Å². The van der Waals surface area contributed by atoms with Crippen LogP contribution in [0.25, 0.3) is 6.08 Å². The van der Waals surface area contributed by atoms with Gasteiger partial charge in [0.2, 0.25) is 0 Å². The third-order valence-electron chi connectivity index (χ3n) is 16.7. The van der Waals surface area contributed by atoms with Gasteiger partial charge in [-0.2, -0.15) is 0 Å². The third-order valence-corrected chi connectivity index (χ3v) is 18.3. The topological polar surface area (TPSA) is 160 Å². The third kappa shape index (κ3) is 29.8. The molecular formula is C84H93BrCl4O11. The lowest BCUT2D eigenvalue weighted by Crippen LogP contribution is -2.27. The predicted molar refractivity (Wildman–Crippen MR) is 410 cm³/mol. The first-order valence-electron chi connectivity index (χ1n) is 33.7. The molecule has 0 aliphatic heterocycles. The van der Waals surface area contributed by atoms with Crippen molar-refractivity contribution in [3.05, 3.63) is 286 Å². The van der Waals surface area contributed by atoms with E-state index >= 15 is 0 Å². The highest BCUT2D eigenvalue weighted by Crippen LogP contribution is 2.35. The summed E-state index contributed by atoms with van der Waals surface area (Å²) in [5, 5.41) is 11.9. The summed E-state index contributed by atoms with van der Waals surface area (Å²) in [7, 11) is 0. The molecule has 8 aromatic carbocycles. The van der Waals surface area contributed by atoms with Crippen molar-refractivity contribution < 1.29 is 52.8 Å². The van der Waals surface area contributed by atoms with E-state index in [-0.39, 0.29) is 76.8 Å². The highest BCUT2D eigenvalue weighted by atomic mass is 79.9. The number of carbonyl (C=O) groups excluding carboxylic acids is 5. The molecular weight excluding hydrogens is 1410 g/mol. The van der Waals surface area contributed by atoms with Crippen LogP contribution in [0.5, 0.6) is 0 Å². The Morgan fingerprint density at radius 3 is 0.820 bits per heavy atom. The number of aromatic carboxylic acids is 1. The zero-order valence-corrected chi connectivity index (χ0v) is 63.0. The molecule has 8 rings (SSSR count). The quantitative estimate of drug-likeness (QED) is 0.0377. The summed E-state index contributed by atoms with van der Waals surface area (Å²) in [6.45, 7) is 20.2. The van der Waals surface area contributed by atoms with Crippen LogP contribution < -0.4 is 0 Å². The minimum Gasteiger partial charge on any atom is -0.478 e. The van der Waals surface area contributed by atoms with Crippen LogP contribution in [0.4, 0.5) is 0 Å². The summed E-state index contributed by atoms with van der Waals surface area (Å²) in [5.41, 5.74) is 10.9. The van der Waals surface area contributed by atoms with Gasteiger partial charge >= 0.3 is 5.97 Å². The van der Waals surface area contributed by atoms with E-state index in [1.165, 1.54) is 22.3 Å². The number of halogens is 5. The molecule has 530 valence electrons. The average Bonchev–Trinajstić information content (AvgIpc) is 0.856. The molecule has 0 saturated carbocycles. The standard InChI is InChI=1S/C22H25ClO2.C21H23ClO4.C21H23ClO3.C20H22BrClO2/c1-4-17-6-10-19(11-7-17)21(22(25-5-2)14-16(3)24)15-18-8-12-20(23)13-9-18;1-3-26-20(12-14(2)23)19(13-15-4-10-18(22)11-5-15)16-6-8-17(9-7-16)21(24)25;1-3-25-21(12-15(2)24)20(13-16-6-10-19(22)11-7-16)18-8-4-17(14-23)5-9-18;1-3-24-20(12-14(2)23)19(16-6-8-17(21)9-7-16)13-15-4-10-18(22)11-5-15/h4,6-13,21-22H,1,5,14-15H2,2-3H3;4-11,19-20H,3,12-13H2,1-2H3,(H,24,25);4-11,14,20-21H,3,12-13H2,1-2H3;4-11,19-20H,3,12-13H2,1-2H3/t21?,22-;19?,20-;20?,21-;19?,20-/m1111/s1. The fourth-order valence-corrected chi connectivity index (χ4v) is 12.7. The van der Waals surface area contributed by atoms with Crippen molar-refractivity contribution >= 4 is 104 Å². The summed E-state index contributed by atoms with van der Waals surface area (Å²) >= 11 is 27.4. The molecule has 0 bridgehead atoms. The van der Waals surface area contributed by atoms with Crippen molar-refractivity contribution in [1.82, 2.24) is 0 Å². The van der Waals surface area contributed by atoms with Crippen LogP contribution in [0, 0.1) is 0 Å². The maximum Gasteiger partial charge on any atom is 0.335 e. The maximum absolute atomic E-state index is 11.8. The number of carbonyl (C=O) groups is 6. The first-order chi connectivity index (χ1) is 47.9. The number of benzene rings is 8. The van der Waals surface area contributed by atoms with Gasteiger partial charge in [0.15, 0.2) is 0 Å². The lowest BCUT2D eigenvalue weighted by Gasteiger charge is -2.27. The van der Waals surface area contributed by atoms with Crippen molar-refractivity contribution in [3.63, 3.8) is 0 Å². The van der Waals surface area contributed by atoms with E-state index in [1.807, 2.05) is 167 Å². The van der Waals surface area contributed by atoms with Crippen LogP contribution in [0.3, 0.4) is 0 Å². The fraction of sp³-hybridized carbons (Fsp3) is 0.333. The van der Waals surface area contributed by atoms with Crippen LogP contribution in [0.2, 0.25) is 20.1 Å². The highest BCUT2D eigenvalue weighted by Gasteiger charge is 2.30. The molecule has 0 saturated heterocycles. The van der Waals surface area contributed by atoms with Crippen LogP contribution in [0.15, 0.2) is 205 Å². The number of aldehydes is 1. The largest absolute Gasteiger partial charge is 0.478 e. The number of carboxylic acids is 1. The number of ketones is 4. The molecule has 0 aliphatic rings. The second-order valence-corrected chi connectivity index (χ2v) is 27.1. The molecule has 16 heteroatoms. The van der Waals surface area contributed by atoms with Crippen molar-refractivity contribution in [2.24, 2.45) is 0 Å². The summed E-state index contributed by atoms with van der Waals surface area (Å²) in [6, 6.07) is 61.8.